The van der Waals surface area contributed by atoms with E-state index < -0.39 is 17.7 Å². The number of amides is 1. The summed E-state index contributed by atoms with van der Waals surface area (Å²) in [5.74, 6) is -1.81. The zero-order valence-corrected chi connectivity index (χ0v) is 16.2. The Morgan fingerprint density at radius 3 is 2.48 bits per heavy atom. The van der Waals surface area contributed by atoms with E-state index in [1.807, 2.05) is 6.92 Å². The van der Waals surface area contributed by atoms with E-state index in [1.165, 1.54) is 17.3 Å². The van der Waals surface area contributed by atoms with Gasteiger partial charge in [-0.15, -0.1) is 0 Å². The van der Waals surface area contributed by atoms with Crippen molar-refractivity contribution in [3.8, 4) is 0 Å². The number of benzene rings is 1. The van der Waals surface area contributed by atoms with Crippen LogP contribution in [-0.2, 0) is 9.59 Å². The van der Waals surface area contributed by atoms with E-state index in [0.29, 0.717) is 22.0 Å². The van der Waals surface area contributed by atoms with Crippen LogP contribution in [0.2, 0.25) is 5.02 Å². The molecule has 3 heterocycles. The third-order valence-electron chi connectivity index (χ3n) is 4.80. The molecule has 3 aromatic rings. The highest BCUT2D eigenvalue weighted by Crippen LogP contribution is 2.42. The number of hydrogen-bond acceptors (Lipinski definition) is 5. The summed E-state index contributed by atoms with van der Waals surface area (Å²) in [5.41, 5.74) is 2.11. The van der Waals surface area contributed by atoms with Crippen molar-refractivity contribution in [1.82, 2.24) is 9.97 Å². The Labute approximate surface area is 172 Å². The number of Topliss-reactive ketones (excluding diaryl/α,β-unsaturated/α-hetero) is 1. The van der Waals surface area contributed by atoms with E-state index in [4.69, 9.17) is 11.6 Å². The molecule has 7 heteroatoms. The fourth-order valence-electron chi connectivity index (χ4n) is 3.31. The van der Waals surface area contributed by atoms with Crippen LogP contribution in [0.25, 0.3) is 5.76 Å². The number of aliphatic hydroxyl groups is 1. The van der Waals surface area contributed by atoms with Crippen LogP contribution in [0, 0.1) is 6.92 Å². The number of aliphatic hydroxyl groups excluding tert-OH is 1. The van der Waals surface area contributed by atoms with Crippen LogP contribution >= 0.6 is 11.6 Å². The molecule has 1 amide bonds. The van der Waals surface area contributed by atoms with E-state index >= 15 is 0 Å². The number of ketones is 1. The maximum atomic E-state index is 13.0. The van der Waals surface area contributed by atoms with Crippen molar-refractivity contribution < 1.29 is 14.7 Å². The average Bonchev–Trinajstić information content (AvgIpc) is 3.02. The molecule has 1 aliphatic heterocycles. The molecule has 29 heavy (non-hydrogen) atoms. The second kappa shape index (κ2) is 7.48. The number of carbonyl (C=O) groups is 2. The molecule has 1 unspecified atom stereocenters. The first-order valence-corrected chi connectivity index (χ1v) is 9.25. The Hall–Kier alpha value is -3.51. The summed E-state index contributed by atoms with van der Waals surface area (Å²) >= 11 is 6.26. The Bertz CT molecular complexity index is 1130. The quantitative estimate of drug-likeness (QED) is 0.403. The average molecular weight is 406 g/mol. The molecular formula is C22H16ClN3O3. The zero-order chi connectivity index (χ0) is 20.5. The van der Waals surface area contributed by atoms with Crippen molar-refractivity contribution in [3.05, 3.63) is 94.5 Å². The van der Waals surface area contributed by atoms with Gasteiger partial charge in [-0.05, 0) is 48.9 Å². The molecule has 0 radical (unpaired) electrons. The van der Waals surface area contributed by atoms with Crippen molar-refractivity contribution in [2.45, 2.75) is 13.0 Å². The zero-order valence-electron chi connectivity index (χ0n) is 15.4. The molecule has 1 aliphatic rings. The maximum absolute atomic E-state index is 13.0. The summed E-state index contributed by atoms with van der Waals surface area (Å²) in [6.45, 7) is 1.85. The lowest BCUT2D eigenvalue weighted by molar-refractivity contribution is -0.132. The van der Waals surface area contributed by atoms with Crippen LogP contribution in [0.1, 0.15) is 22.9 Å². The molecule has 144 valence electrons. The minimum atomic E-state index is -0.886. The van der Waals surface area contributed by atoms with Crippen molar-refractivity contribution in [3.63, 3.8) is 0 Å². The summed E-state index contributed by atoms with van der Waals surface area (Å²) in [4.78, 5) is 35.5. The lowest BCUT2D eigenvalue weighted by Crippen LogP contribution is -2.29. The summed E-state index contributed by atoms with van der Waals surface area (Å²) in [5, 5.41) is 11.4. The molecule has 0 saturated carbocycles. The first-order valence-electron chi connectivity index (χ1n) is 8.87. The number of nitrogens with zero attached hydrogens (tertiary/aromatic N) is 3. The minimum Gasteiger partial charge on any atom is -0.507 e. The Kier molecular flexibility index (Phi) is 4.86. The highest BCUT2D eigenvalue weighted by molar-refractivity contribution is 6.51. The standard InChI is InChI=1S/C22H16ClN3O3/c1-13-5-6-15(12-16(13)23)26-19(17-4-2-3-9-25-17)18(21(28)22(26)29)20(27)14-7-10-24-11-8-14/h2-12,19,27H,1H3/b20-18+. The molecule has 1 atom stereocenters. The molecule has 4 rings (SSSR count). The van der Waals surface area contributed by atoms with Gasteiger partial charge in [0.25, 0.3) is 11.7 Å². The van der Waals surface area contributed by atoms with Crippen LogP contribution in [0.4, 0.5) is 5.69 Å². The molecule has 1 N–H and O–H groups in total. The number of hydrogen-bond donors (Lipinski definition) is 1. The monoisotopic (exact) mass is 405 g/mol. The lowest BCUT2D eigenvalue weighted by atomic mass is 9.98. The molecule has 2 aromatic heterocycles. The van der Waals surface area contributed by atoms with Gasteiger partial charge in [-0.2, -0.15) is 0 Å². The highest BCUT2D eigenvalue weighted by Gasteiger charge is 2.47. The number of halogens is 1. The molecule has 1 fully saturated rings. The van der Waals surface area contributed by atoms with Gasteiger partial charge in [0, 0.05) is 34.9 Å². The SMILES string of the molecule is Cc1ccc(N2C(=O)C(=O)/C(=C(/O)c3ccncc3)C2c2ccccn2)cc1Cl. The van der Waals surface area contributed by atoms with Crippen LogP contribution in [-0.4, -0.2) is 26.8 Å². The number of anilines is 1. The van der Waals surface area contributed by atoms with Crippen molar-refractivity contribution >= 4 is 34.7 Å². The predicted molar refractivity (Wildman–Crippen MR) is 109 cm³/mol. The van der Waals surface area contributed by atoms with Crippen molar-refractivity contribution in [2.24, 2.45) is 0 Å². The van der Waals surface area contributed by atoms with Gasteiger partial charge in [0.2, 0.25) is 0 Å². The molecular weight excluding hydrogens is 390 g/mol. The largest absolute Gasteiger partial charge is 0.507 e. The fourth-order valence-corrected chi connectivity index (χ4v) is 3.49. The van der Waals surface area contributed by atoms with Gasteiger partial charge in [-0.3, -0.25) is 24.5 Å². The van der Waals surface area contributed by atoms with E-state index in [-0.39, 0.29) is 11.3 Å². The normalized spacial score (nSPS) is 18.3. The second-order valence-corrected chi connectivity index (χ2v) is 7.00. The topological polar surface area (TPSA) is 83.4 Å². The predicted octanol–water partition coefficient (Wildman–Crippen LogP) is 4.06. The number of aromatic nitrogens is 2. The number of rotatable bonds is 3. The van der Waals surface area contributed by atoms with Gasteiger partial charge in [-0.1, -0.05) is 23.7 Å². The smallest absolute Gasteiger partial charge is 0.300 e. The first kappa shape index (κ1) is 18.8. The molecule has 0 aliphatic carbocycles. The van der Waals surface area contributed by atoms with E-state index in [2.05, 4.69) is 9.97 Å². The van der Waals surface area contributed by atoms with Crippen LogP contribution in [0.15, 0.2) is 72.7 Å². The Balaban J connectivity index is 1.95. The molecule has 1 saturated heterocycles. The van der Waals surface area contributed by atoms with E-state index in [9.17, 15) is 14.7 Å². The van der Waals surface area contributed by atoms with E-state index in [0.717, 1.165) is 5.56 Å². The minimum absolute atomic E-state index is 0.0309. The van der Waals surface area contributed by atoms with Crippen LogP contribution < -0.4 is 4.90 Å². The molecule has 1 aromatic carbocycles. The Morgan fingerprint density at radius 1 is 1.07 bits per heavy atom. The van der Waals surface area contributed by atoms with Gasteiger partial charge in [0.1, 0.15) is 11.8 Å². The summed E-state index contributed by atoms with van der Waals surface area (Å²) < 4.78 is 0. The van der Waals surface area contributed by atoms with Gasteiger partial charge >= 0.3 is 0 Å². The Morgan fingerprint density at radius 2 is 1.83 bits per heavy atom. The summed E-state index contributed by atoms with van der Waals surface area (Å²) in [6, 6.07) is 12.6. The number of aryl methyl sites for hydroxylation is 1. The highest BCUT2D eigenvalue weighted by atomic mass is 35.5. The van der Waals surface area contributed by atoms with Crippen LogP contribution in [0.3, 0.4) is 0 Å². The number of carbonyl (C=O) groups excluding carboxylic acids is 2. The molecule has 0 spiro atoms. The molecule has 6 nitrogen and oxygen atoms in total. The van der Waals surface area contributed by atoms with Crippen LogP contribution in [0.5, 0.6) is 0 Å². The van der Waals surface area contributed by atoms with Gasteiger partial charge in [0.05, 0.1) is 11.3 Å². The van der Waals surface area contributed by atoms with Gasteiger partial charge in [0.15, 0.2) is 0 Å². The lowest BCUT2D eigenvalue weighted by Gasteiger charge is -2.25. The third-order valence-corrected chi connectivity index (χ3v) is 5.21. The van der Waals surface area contributed by atoms with Gasteiger partial charge < -0.3 is 5.11 Å². The van der Waals surface area contributed by atoms with Gasteiger partial charge in [-0.25, -0.2) is 0 Å². The van der Waals surface area contributed by atoms with E-state index in [1.54, 1.807) is 54.7 Å². The number of pyridine rings is 2. The van der Waals surface area contributed by atoms with Crippen molar-refractivity contribution in [2.75, 3.05) is 4.90 Å². The maximum Gasteiger partial charge on any atom is 0.300 e. The summed E-state index contributed by atoms with van der Waals surface area (Å²) in [7, 11) is 0. The van der Waals surface area contributed by atoms with Crippen molar-refractivity contribution in [1.29, 1.82) is 0 Å². The molecule has 0 bridgehead atoms. The third kappa shape index (κ3) is 3.28. The second-order valence-electron chi connectivity index (χ2n) is 6.59. The fraction of sp³-hybridized carbons (Fsp3) is 0.0909. The summed E-state index contributed by atoms with van der Waals surface area (Å²) in [6.07, 6.45) is 4.57. The first-order chi connectivity index (χ1) is 14.0.